The third-order valence-electron chi connectivity index (χ3n) is 1.97. The highest BCUT2D eigenvalue weighted by molar-refractivity contribution is 7.94. The van der Waals surface area contributed by atoms with Gasteiger partial charge in [0.05, 0.1) is 10.5 Å². The van der Waals surface area contributed by atoms with Gasteiger partial charge in [0.2, 0.25) is 0 Å². The Morgan fingerprint density at radius 1 is 1.42 bits per heavy atom. The van der Waals surface area contributed by atoms with Gasteiger partial charge in [-0.15, -0.1) is 11.3 Å². The van der Waals surface area contributed by atoms with E-state index in [0.29, 0.717) is 11.3 Å². The van der Waals surface area contributed by atoms with Gasteiger partial charge < -0.3 is 5.11 Å². The van der Waals surface area contributed by atoms with Crippen LogP contribution in [0.2, 0.25) is 5.02 Å². The second kappa shape index (κ2) is 5.11. The average molecular weight is 320 g/mol. The molecule has 0 aliphatic carbocycles. The van der Waals surface area contributed by atoms with Crippen LogP contribution in [0.3, 0.4) is 0 Å². The number of nitrogens with zero attached hydrogens (tertiary/aromatic N) is 2. The molecule has 0 spiro atoms. The van der Waals surface area contributed by atoms with Crippen LogP contribution >= 0.6 is 22.9 Å². The van der Waals surface area contributed by atoms with E-state index in [2.05, 4.69) is 14.7 Å². The molecule has 0 unspecified atom stereocenters. The highest BCUT2D eigenvalue weighted by Crippen LogP contribution is 2.25. The minimum atomic E-state index is -4.09. The summed E-state index contributed by atoms with van der Waals surface area (Å²) in [5, 5.41) is 8.95. The number of hydrogen-bond donors (Lipinski definition) is 2. The van der Waals surface area contributed by atoms with Gasteiger partial charge >= 0.3 is 5.97 Å². The van der Waals surface area contributed by atoms with Crippen molar-refractivity contribution in [3.8, 4) is 0 Å². The molecule has 0 amide bonds. The number of halogens is 1. The highest BCUT2D eigenvalue weighted by atomic mass is 35.5. The van der Waals surface area contributed by atoms with E-state index in [9.17, 15) is 13.2 Å². The molecule has 7 nitrogen and oxygen atoms in total. The van der Waals surface area contributed by atoms with Gasteiger partial charge in [-0.2, -0.15) is 0 Å². The number of rotatable bonds is 4. The molecular weight excluding hydrogens is 314 g/mol. The van der Waals surface area contributed by atoms with E-state index < -0.39 is 25.9 Å². The molecule has 0 bridgehead atoms. The number of pyridine rings is 1. The number of sulfonamides is 1. The molecular formula is C9H6ClN3O4S2. The zero-order valence-electron chi connectivity index (χ0n) is 9.07. The second-order valence-electron chi connectivity index (χ2n) is 3.23. The number of anilines is 1. The maximum Gasteiger partial charge on any atom is 0.356 e. The van der Waals surface area contributed by atoms with Gasteiger partial charge in [-0.05, 0) is 12.1 Å². The first-order valence-corrected chi connectivity index (χ1v) is 7.46. The largest absolute Gasteiger partial charge is 0.476 e. The van der Waals surface area contributed by atoms with Gasteiger partial charge in [0.1, 0.15) is 0 Å². The number of carbonyl (C=O) groups is 1. The molecule has 0 saturated carbocycles. The lowest BCUT2D eigenvalue weighted by Gasteiger charge is -2.06. The Kier molecular flexibility index (Phi) is 3.69. The van der Waals surface area contributed by atoms with Crippen molar-refractivity contribution in [2.45, 2.75) is 4.21 Å². The van der Waals surface area contributed by atoms with Crippen LogP contribution in [0.25, 0.3) is 0 Å². The van der Waals surface area contributed by atoms with Crippen LogP contribution in [0.5, 0.6) is 0 Å². The van der Waals surface area contributed by atoms with E-state index in [-0.39, 0.29) is 10.8 Å². The van der Waals surface area contributed by atoms with Crippen LogP contribution in [0, 0.1) is 0 Å². The van der Waals surface area contributed by atoms with Gasteiger partial charge in [0.25, 0.3) is 10.0 Å². The van der Waals surface area contributed by atoms with E-state index >= 15 is 0 Å². The first-order valence-electron chi connectivity index (χ1n) is 4.72. The molecule has 10 heteroatoms. The monoisotopic (exact) mass is 319 g/mol. The molecule has 0 atom stereocenters. The fraction of sp³-hybridized carbons (Fsp3) is 0. The van der Waals surface area contributed by atoms with Gasteiger partial charge in [-0.1, -0.05) is 11.6 Å². The maximum absolute atomic E-state index is 12.0. The standard InChI is InChI=1S/C9H6ClN3O4S2/c10-5-2-1-3-11-7(5)13-19(16,17)9-6(8(14)15)12-4-18-9/h1-4H,(H,11,13)(H,14,15). The molecule has 2 aromatic rings. The number of nitrogens with one attached hydrogen (secondary N) is 1. The molecule has 19 heavy (non-hydrogen) atoms. The van der Waals surface area contributed by atoms with Crippen LogP contribution in [-0.2, 0) is 10.0 Å². The lowest BCUT2D eigenvalue weighted by Crippen LogP contribution is -2.16. The molecule has 2 rings (SSSR count). The Labute approximate surface area is 117 Å². The molecule has 0 aliphatic rings. The summed E-state index contributed by atoms with van der Waals surface area (Å²) in [6, 6.07) is 2.99. The number of hydrogen-bond acceptors (Lipinski definition) is 6. The summed E-state index contributed by atoms with van der Waals surface area (Å²) in [6.07, 6.45) is 1.36. The Bertz CT molecular complexity index is 729. The van der Waals surface area contributed by atoms with Crippen molar-refractivity contribution in [3.05, 3.63) is 34.6 Å². The molecule has 0 aromatic carbocycles. The van der Waals surface area contributed by atoms with Crippen molar-refractivity contribution >= 4 is 44.7 Å². The van der Waals surface area contributed by atoms with Crippen LogP contribution in [0.4, 0.5) is 5.82 Å². The lowest BCUT2D eigenvalue weighted by atomic mass is 10.5. The summed E-state index contributed by atoms with van der Waals surface area (Å²) in [4.78, 5) is 18.1. The van der Waals surface area contributed by atoms with E-state index in [0.717, 1.165) is 5.51 Å². The van der Waals surface area contributed by atoms with Crippen LogP contribution in [0.1, 0.15) is 10.5 Å². The van der Waals surface area contributed by atoms with Gasteiger partial charge in [-0.25, -0.2) is 23.2 Å². The summed E-state index contributed by atoms with van der Waals surface area (Å²) in [7, 11) is -4.09. The third-order valence-corrected chi connectivity index (χ3v) is 4.98. The summed E-state index contributed by atoms with van der Waals surface area (Å²) < 4.78 is 25.8. The SMILES string of the molecule is O=C(O)c1ncsc1S(=O)(=O)Nc1ncccc1Cl. The van der Waals surface area contributed by atoms with E-state index in [1.54, 1.807) is 0 Å². The molecule has 0 fully saturated rings. The normalized spacial score (nSPS) is 11.2. The summed E-state index contributed by atoms with van der Waals surface area (Å²) >= 11 is 6.47. The zero-order valence-corrected chi connectivity index (χ0v) is 11.5. The Morgan fingerprint density at radius 2 is 2.16 bits per heavy atom. The smallest absolute Gasteiger partial charge is 0.356 e. The Balaban J connectivity index is 2.41. The van der Waals surface area contributed by atoms with Crippen molar-refractivity contribution in [1.29, 1.82) is 0 Å². The number of aromatic carboxylic acids is 1. The molecule has 0 aliphatic heterocycles. The zero-order chi connectivity index (χ0) is 14.0. The third kappa shape index (κ3) is 2.83. The summed E-state index contributed by atoms with van der Waals surface area (Å²) in [5.74, 6) is -1.50. The number of aromatic nitrogens is 2. The van der Waals surface area contributed by atoms with Gasteiger partial charge in [0.15, 0.2) is 15.7 Å². The van der Waals surface area contributed by atoms with Crippen molar-refractivity contribution in [1.82, 2.24) is 9.97 Å². The van der Waals surface area contributed by atoms with Crippen molar-refractivity contribution in [2.24, 2.45) is 0 Å². The van der Waals surface area contributed by atoms with E-state index in [1.165, 1.54) is 18.3 Å². The van der Waals surface area contributed by atoms with Gasteiger partial charge in [0, 0.05) is 6.20 Å². The highest BCUT2D eigenvalue weighted by Gasteiger charge is 2.26. The Hall–Kier alpha value is -1.71. The summed E-state index contributed by atoms with van der Waals surface area (Å²) in [5.41, 5.74) is 0.599. The molecule has 100 valence electrons. The van der Waals surface area contributed by atoms with E-state index in [1.807, 2.05) is 0 Å². The van der Waals surface area contributed by atoms with Crippen LogP contribution < -0.4 is 4.72 Å². The average Bonchev–Trinajstić information content (AvgIpc) is 2.82. The van der Waals surface area contributed by atoms with Gasteiger partial charge in [-0.3, -0.25) is 4.72 Å². The molecule has 0 radical (unpaired) electrons. The molecule has 2 aromatic heterocycles. The minimum absolute atomic E-state index is 0.0751. The predicted molar refractivity (Wildman–Crippen MR) is 69.1 cm³/mol. The first-order chi connectivity index (χ1) is 8.92. The molecule has 0 saturated heterocycles. The number of thiazole rings is 1. The second-order valence-corrected chi connectivity index (χ2v) is 6.37. The first kappa shape index (κ1) is 13.7. The fourth-order valence-corrected chi connectivity index (χ4v) is 3.60. The quantitative estimate of drug-likeness (QED) is 0.887. The molecule has 2 heterocycles. The van der Waals surface area contributed by atoms with Crippen molar-refractivity contribution < 1.29 is 18.3 Å². The predicted octanol–water partition coefficient (Wildman–Crippen LogP) is 1.69. The Morgan fingerprint density at radius 3 is 2.79 bits per heavy atom. The van der Waals surface area contributed by atoms with Crippen molar-refractivity contribution in [2.75, 3.05) is 4.72 Å². The minimum Gasteiger partial charge on any atom is -0.476 e. The fourth-order valence-electron chi connectivity index (χ4n) is 1.20. The van der Waals surface area contributed by atoms with Crippen LogP contribution in [0.15, 0.2) is 28.0 Å². The summed E-state index contributed by atoms with van der Waals surface area (Å²) in [6.45, 7) is 0. The topological polar surface area (TPSA) is 109 Å². The van der Waals surface area contributed by atoms with Crippen molar-refractivity contribution in [3.63, 3.8) is 0 Å². The van der Waals surface area contributed by atoms with E-state index in [4.69, 9.17) is 16.7 Å². The molecule has 2 N–H and O–H groups in total. The maximum atomic E-state index is 12.0. The number of carboxylic acids is 1. The lowest BCUT2D eigenvalue weighted by molar-refractivity contribution is 0.0687. The van der Waals surface area contributed by atoms with Crippen LogP contribution in [-0.4, -0.2) is 29.5 Å². The number of carboxylic acid groups (broad SMARTS) is 1.